The lowest BCUT2D eigenvalue weighted by molar-refractivity contribution is 0.125. The predicted molar refractivity (Wildman–Crippen MR) is 87.5 cm³/mol. The molecular formula is C15H25BrN2S. The third kappa shape index (κ3) is 4.28. The number of halogens is 1. The Morgan fingerprint density at radius 3 is 2.89 bits per heavy atom. The molecule has 0 amide bonds. The molecule has 108 valence electrons. The second kappa shape index (κ2) is 7.21. The van der Waals surface area contributed by atoms with Gasteiger partial charge in [0.15, 0.2) is 0 Å². The van der Waals surface area contributed by atoms with Crippen LogP contribution >= 0.6 is 27.3 Å². The quantitative estimate of drug-likeness (QED) is 0.871. The maximum absolute atomic E-state index is 6.06. The van der Waals surface area contributed by atoms with Gasteiger partial charge < -0.3 is 5.73 Å². The summed E-state index contributed by atoms with van der Waals surface area (Å²) in [6.45, 7) is 4.17. The zero-order chi connectivity index (χ0) is 13.8. The molecule has 1 aromatic rings. The van der Waals surface area contributed by atoms with E-state index in [9.17, 15) is 0 Å². The summed E-state index contributed by atoms with van der Waals surface area (Å²) in [5.41, 5.74) is 7.45. The van der Waals surface area contributed by atoms with Crippen LogP contribution < -0.4 is 5.73 Å². The van der Waals surface area contributed by atoms with Crippen LogP contribution in [0.25, 0.3) is 0 Å². The number of nitrogens with zero attached hydrogens (tertiary/aromatic N) is 1. The van der Waals surface area contributed by atoms with E-state index in [-0.39, 0.29) is 0 Å². The van der Waals surface area contributed by atoms with Gasteiger partial charge in [0, 0.05) is 19.1 Å². The summed E-state index contributed by atoms with van der Waals surface area (Å²) in [5.74, 6) is 1.65. The molecule has 1 saturated carbocycles. The van der Waals surface area contributed by atoms with E-state index in [1.54, 1.807) is 11.3 Å². The summed E-state index contributed by atoms with van der Waals surface area (Å²) >= 11 is 5.30. The molecule has 0 aromatic carbocycles. The Kier molecular flexibility index (Phi) is 5.87. The van der Waals surface area contributed by atoms with Gasteiger partial charge >= 0.3 is 0 Å². The molecule has 1 fully saturated rings. The minimum atomic E-state index is 0.529. The van der Waals surface area contributed by atoms with Gasteiger partial charge in [-0.25, -0.2) is 0 Å². The Balaban J connectivity index is 1.96. The summed E-state index contributed by atoms with van der Waals surface area (Å²) in [4.78, 5) is 2.46. The van der Waals surface area contributed by atoms with E-state index in [1.807, 2.05) is 0 Å². The normalized spacial score (nSPS) is 25.7. The van der Waals surface area contributed by atoms with E-state index in [4.69, 9.17) is 5.73 Å². The van der Waals surface area contributed by atoms with Crippen LogP contribution in [0.4, 0.5) is 0 Å². The lowest BCUT2D eigenvalue weighted by atomic mass is 9.78. The summed E-state index contributed by atoms with van der Waals surface area (Å²) in [6, 6.07) is 2.75. The van der Waals surface area contributed by atoms with Gasteiger partial charge in [0.25, 0.3) is 0 Å². The molecule has 4 heteroatoms. The highest BCUT2D eigenvalue weighted by Gasteiger charge is 2.28. The topological polar surface area (TPSA) is 29.3 Å². The Morgan fingerprint density at radius 2 is 2.32 bits per heavy atom. The summed E-state index contributed by atoms with van der Waals surface area (Å²) in [6.07, 6.45) is 5.47. The summed E-state index contributed by atoms with van der Waals surface area (Å²) < 4.78 is 1.21. The molecule has 1 aliphatic carbocycles. The van der Waals surface area contributed by atoms with Crippen LogP contribution in [0.15, 0.2) is 15.2 Å². The van der Waals surface area contributed by atoms with Gasteiger partial charge in [0.05, 0.1) is 3.79 Å². The Morgan fingerprint density at radius 1 is 1.53 bits per heavy atom. The molecule has 0 spiro atoms. The number of hydrogen-bond acceptors (Lipinski definition) is 3. The van der Waals surface area contributed by atoms with Crippen molar-refractivity contribution in [3.05, 3.63) is 20.8 Å². The highest BCUT2D eigenvalue weighted by atomic mass is 79.9. The number of rotatable bonds is 5. The van der Waals surface area contributed by atoms with Gasteiger partial charge in [0.1, 0.15) is 0 Å². The van der Waals surface area contributed by atoms with Gasteiger partial charge in [-0.1, -0.05) is 19.8 Å². The SMILES string of the molecule is CC1CCCC(C(CN)N(C)Cc2csc(Br)c2)C1. The molecular weight excluding hydrogens is 320 g/mol. The van der Waals surface area contributed by atoms with Gasteiger partial charge in [-0.05, 0) is 64.7 Å². The molecule has 1 heterocycles. The largest absolute Gasteiger partial charge is 0.329 e. The maximum Gasteiger partial charge on any atom is 0.0701 e. The average Bonchev–Trinajstić information content (AvgIpc) is 2.75. The van der Waals surface area contributed by atoms with Crippen LogP contribution in [0.3, 0.4) is 0 Å². The second-order valence-corrected chi connectivity index (χ2v) is 8.30. The molecule has 2 nitrogen and oxygen atoms in total. The van der Waals surface area contributed by atoms with E-state index in [2.05, 4.69) is 46.2 Å². The monoisotopic (exact) mass is 344 g/mol. The lowest BCUT2D eigenvalue weighted by Gasteiger charge is -2.38. The number of hydrogen-bond donors (Lipinski definition) is 1. The van der Waals surface area contributed by atoms with Crippen molar-refractivity contribution >= 4 is 27.3 Å². The molecule has 3 atom stereocenters. The van der Waals surface area contributed by atoms with Crippen molar-refractivity contribution in [2.75, 3.05) is 13.6 Å². The van der Waals surface area contributed by atoms with Gasteiger partial charge in [-0.2, -0.15) is 0 Å². The fourth-order valence-corrected chi connectivity index (χ4v) is 4.60. The lowest BCUT2D eigenvalue weighted by Crippen LogP contribution is -2.44. The van der Waals surface area contributed by atoms with Crippen molar-refractivity contribution in [1.29, 1.82) is 0 Å². The van der Waals surface area contributed by atoms with Crippen LogP contribution in [0.5, 0.6) is 0 Å². The van der Waals surface area contributed by atoms with Crippen LogP contribution in [-0.4, -0.2) is 24.5 Å². The first-order valence-electron chi connectivity index (χ1n) is 7.23. The Hall–Kier alpha value is 0.100. The molecule has 2 N–H and O–H groups in total. The smallest absolute Gasteiger partial charge is 0.0701 e. The fraction of sp³-hybridized carbons (Fsp3) is 0.733. The van der Waals surface area contributed by atoms with E-state index in [0.717, 1.165) is 24.9 Å². The van der Waals surface area contributed by atoms with Crippen molar-refractivity contribution < 1.29 is 0 Å². The summed E-state index contributed by atoms with van der Waals surface area (Å²) in [5, 5.41) is 2.23. The van der Waals surface area contributed by atoms with Crippen molar-refractivity contribution in [3.8, 4) is 0 Å². The average molecular weight is 345 g/mol. The van der Waals surface area contributed by atoms with Gasteiger partial charge in [-0.3, -0.25) is 4.90 Å². The first kappa shape index (κ1) is 15.5. The molecule has 0 bridgehead atoms. The zero-order valence-electron chi connectivity index (χ0n) is 11.9. The van der Waals surface area contributed by atoms with Crippen molar-refractivity contribution in [2.45, 2.75) is 45.2 Å². The van der Waals surface area contributed by atoms with Crippen LogP contribution in [0.2, 0.25) is 0 Å². The molecule has 19 heavy (non-hydrogen) atoms. The van der Waals surface area contributed by atoms with Crippen molar-refractivity contribution in [1.82, 2.24) is 4.90 Å². The second-order valence-electron chi connectivity index (χ2n) is 6.01. The fourth-order valence-electron chi connectivity index (χ4n) is 3.40. The van der Waals surface area contributed by atoms with Crippen LogP contribution in [0, 0.1) is 11.8 Å². The van der Waals surface area contributed by atoms with E-state index < -0.39 is 0 Å². The van der Waals surface area contributed by atoms with Gasteiger partial charge in [0.2, 0.25) is 0 Å². The van der Waals surface area contributed by atoms with Gasteiger partial charge in [-0.15, -0.1) is 11.3 Å². The minimum Gasteiger partial charge on any atom is -0.329 e. The Labute approximate surface area is 129 Å². The minimum absolute atomic E-state index is 0.529. The third-order valence-corrected chi connectivity index (χ3v) is 5.94. The number of nitrogens with two attached hydrogens (primary N) is 1. The number of thiophene rings is 1. The van der Waals surface area contributed by atoms with E-state index in [0.29, 0.717) is 6.04 Å². The maximum atomic E-state index is 6.06. The molecule has 2 rings (SSSR count). The molecule has 1 aliphatic rings. The molecule has 1 aromatic heterocycles. The summed E-state index contributed by atoms with van der Waals surface area (Å²) in [7, 11) is 2.22. The zero-order valence-corrected chi connectivity index (χ0v) is 14.3. The number of likely N-dealkylation sites (N-methyl/N-ethyl adjacent to an activating group) is 1. The van der Waals surface area contributed by atoms with Crippen molar-refractivity contribution in [3.63, 3.8) is 0 Å². The van der Waals surface area contributed by atoms with E-state index >= 15 is 0 Å². The predicted octanol–water partition coefficient (Wildman–Crippen LogP) is 4.10. The first-order valence-corrected chi connectivity index (χ1v) is 8.90. The van der Waals surface area contributed by atoms with Crippen molar-refractivity contribution in [2.24, 2.45) is 17.6 Å². The van der Waals surface area contributed by atoms with E-state index in [1.165, 1.54) is 35.0 Å². The first-order chi connectivity index (χ1) is 9.10. The molecule has 0 saturated heterocycles. The molecule has 0 radical (unpaired) electrons. The molecule has 0 aliphatic heterocycles. The molecule has 3 unspecified atom stereocenters. The standard InChI is InChI=1S/C15H25BrN2S/c1-11-4-3-5-13(6-11)14(8-17)18(2)9-12-7-15(16)19-10-12/h7,10-11,13-14H,3-6,8-9,17H2,1-2H3. The Bertz CT molecular complexity index is 393. The van der Waals surface area contributed by atoms with Crippen LogP contribution in [-0.2, 0) is 6.54 Å². The third-order valence-electron chi connectivity index (χ3n) is 4.38. The highest BCUT2D eigenvalue weighted by molar-refractivity contribution is 9.11. The highest BCUT2D eigenvalue weighted by Crippen LogP contribution is 2.33. The van der Waals surface area contributed by atoms with Crippen LogP contribution in [0.1, 0.15) is 38.2 Å².